The normalized spacial score (nSPS) is 12.0. The van der Waals surface area contributed by atoms with Crippen LogP contribution in [0.3, 0.4) is 0 Å². The van der Waals surface area contributed by atoms with Gasteiger partial charge in [-0.1, -0.05) is 19.9 Å². The molecule has 0 spiro atoms. The lowest BCUT2D eigenvalue weighted by Gasteiger charge is -2.24. The molecule has 25 heavy (non-hydrogen) atoms. The highest BCUT2D eigenvalue weighted by atomic mass is 16.5. The third-order valence-electron chi connectivity index (χ3n) is 4.24. The van der Waals surface area contributed by atoms with Gasteiger partial charge in [0.05, 0.1) is 20.3 Å². The molecule has 0 radical (unpaired) electrons. The Morgan fingerprint density at radius 1 is 1.12 bits per heavy atom. The van der Waals surface area contributed by atoms with Gasteiger partial charge in [0.25, 0.3) is 0 Å². The minimum absolute atomic E-state index is 0.0566. The summed E-state index contributed by atoms with van der Waals surface area (Å²) < 4.78 is 12.7. The van der Waals surface area contributed by atoms with Crippen molar-refractivity contribution in [3.63, 3.8) is 0 Å². The zero-order chi connectivity index (χ0) is 18.2. The first-order valence-electron chi connectivity index (χ1n) is 8.67. The van der Waals surface area contributed by atoms with Crippen molar-refractivity contribution < 1.29 is 14.3 Å². The maximum Gasteiger partial charge on any atom is 0.220 e. The fourth-order valence-corrected chi connectivity index (χ4v) is 2.87. The van der Waals surface area contributed by atoms with Crippen LogP contribution in [0.1, 0.15) is 38.3 Å². The van der Waals surface area contributed by atoms with E-state index in [1.165, 1.54) is 0 Å². The SMILES string of the molecule is COc1ccc([C@@H](NC(=O)CCCn2cccc2)C(C)C)cc1OC. The number of benzene rings is 1. The summed E-state index contributed by atoms with van der Waals surface area (Å²) in [5.41, 5.74) is 1.02. The molecule has 0 aliphatic carbocycles. The molecule has 1 heterocycles. The predicted molar refractivity (Wildman–Crippen MR) is 98.9 cm³/mol. The Labute approximate surface area is 149 Å². The fraction of sp³-hybridized carbons (Fsp3) is 0.450. The molecule has 1 aromatic heterocycles. The Hall–Kier alpha value is -2.43. The highest BCUT2D eigenvalue weighted by molar-refractivity contribution is 5.76. The van der Waals surface area contributed by atoms with Gasteiger partial charge in [-0.3, -0.25) is 4.79 Å². The number of rotatable bonds is 9. The van der Waals surface area contributed by atoms with E-state index >= 15 is 0 Å². The van der Waals surface area contributed by atoms with Gasteiger partial charge in [-0.15, -0.1) is 0 Å². The van der Waals surface area contributed by atoms with Gasteiger partial charge in [-0.05, 0) is 42.2 Å². The lowest BCUT2D eigenvalue weighted by atomic mass is 9.95. The summed E-state index contributed by atoms with van der Waals surface area (Å²) in [6.45, 7) is 5.05. The molecule has 0 bridgehead atoms. The third kappa shape index (κ3) is 5.28. The first-order chi connectivity index (χ1) is 12.0. The molecular formula is C20H28N2O3. The average Bonchev–Trinajstić information content (AvgIpc) is 3.12. The molecule has 0 unspecified atom stereocenters. The second kappa shape index (κ2) is 9.16. The zero-order valence-corrected chi connectivity index (χ0v) is 15.5. The van der Waals surface area contributed by atoms with E-state index in [-0.39, 0.29) is 17.9 Å². The van der Waals surface area contributed by atoms with Gasteiger partial charge in [0.2, 0.25) is 5.91 Å². The topological polar surface area (TPSA) is 52.5 Å². The van der Waals surface area contributed by atoms with Gasteiger partial charge in [0.1, 0.15) is 0 Å². The van der Waals surface area contributed by atoms with E-state index < -0.39 is 0 Å². The molecule has 0 saturated carbocycles. The van der Waals surface area contributed by atoms with Crippen LogP contribution in [0.4, 0.5) is 0 Å². The Kier molecular flexibility index (Phi) is 6.92. The number of aromatic nitrogens is 1. The van der Waals surface area contributed by atoms with Crippen LogP contribution in [0.5, 0.6) is 11.5 Å². The quantitative estimate of drug-likeness (QED) is 0.753. The van der Waals surface area contributed by atoms with E-state index in [4.69, 9.17) is 9.47 Å². The minimum atomic E-state index is -0.0566. The molecule has 0 fully saturated rings. The molecule has 5 nitrogen and oxygen atoms in total. The molecule has 136 valence electrons. The number of methoxy groups -OCH3 is 2. The number of carbonyl (C=O) groups is 1. The first kappa shape index (κ1) is 18.9. The lowest BCUT2D eigenvalue weighted by Crippen LogP contribution is -2.31. The summed E-state index contributed by atoms with van der Waals surface area (Å²) in [7, 11) is 3.23. The van der Waals surface area contributed by atoms with Crippen molar-refractivity contribution in [2.45, 2.75) is 39.3 Å². The van der Waals surface area contributed by atoms with Gasteiger partial charge in [0, 0.05) is 25.4 Å². The second-order valence-corrected chi connectivity index (χ2v) is 6.43. The van der Waals surface area contributed by atoms with E-state index in [1.54, 1.807) is 14.2 Å². The predicted octanol–water partition coefficient (Wildman–Crippen LogP) is 3.80. The van der Waals surface area contributed by atoms with Crippen molar-refractivity contribution in [1.29, 1.82) is 0 Å². The Morgan fingerprint density at radius 3 is 2.40 bits per heavy atom. The number of nitrogens with zero attached hydrogens (tertiary/aromatic N) is 1. The molecule has 1 atom stereocenters. The number of ether oxygens (including phenoxy) is 2. The van der Waals surface area contributed by atoms with Crippen molar-refractivity contribution in [2.24, 2.45) is 5.92 Å². The summed E-state index contributed by atoms with van der Waals surface area (Å²) in [5.74, 6) is 1.70. The Bertz CT molecular complexity index is 666. The van der Waals surface area contributed by atoms with E-state index in [1.807, 2.05) is 42.7 Å². The van der Waals surface area contributed by atoms with Gasteiger partial charge in [0.15, 0.2) is 11.5 Å². The number of nitrogens with one attached hydrogen (secondary N) is 1. The van der Waals surface area contributed by atoms with Gasteiger partial charge in [-0.25, -0.2) is 0 Å². The highest BCUT2D eigenvalue weighted by Gasteiger charge is 2.20. The van der Waals surface area contributed by atoms with Gasteiger partial charge >= 0.3 is 0 Å². The summed E-state index contributed by atoms with van der Waals surface area (Å²) >= 11 is 0. The van der Waals surface area contributed by atoms with Crippen molar-refractivity contribution in [3.05, 3.63) is 48.3 Å². The Balaban J connectivity index is 1.99. The van der Waals surface area contributed by atoms with Gasteiger partial charge in [-0.2, -0.15) is 0 Å². The van der Waals surface area contributed by atoms with Crippen LogP contribution in [-0.4, -0.2) is 24.7 Å². The molecule has 1 amide bonds. The lowest BCUT2D eigenvalue weighted by molar-refractivity contribution is -0.122. The molecule has 2 rings (SSSR count). The van der Waals surface area contributed by atoms with Crippen LogP contribution in [0.15, 0.2) is 42.7 Å². The van der Waals surface area contributed by atoms with Crippen molar-refractivity contribution >= 4 is 5.91 Å². The van der Waals surface area contributed by atoms with E-state index in [0.29, 0.717) is 17.9 Å². The number of carbonyl (C=O) groups excluding carboxylic acids is 1. The second-order valence-electron chi connectivity index (χ2n) is 6.43. The molecule has 2 aromatic rings. The standard InChI is InChI=1S/C20H28N2O3/c1-15(2)20(16-9-10-17(24-3)18(14-16)25-4)21-19(23)8-7-13-22-11-5-6-12-22/h5-6,9-12,14-15,20H,7-8,13H2,1-4H3,(H,21,23)/t20-/m0/s1. The fourth-order valence-electron chi connectivity index (χ4n) is 2.87. The van der Waals surface area contributed by atoms with E-state index in [9.17, 15) is 4.79 Å². The number of hydrogen-bond acceptors (Lipinski definition) is 3. The maximum absolute atomic E-state index is 12.4. The number of hydrogen-bond donors (Lipinski definition) is 1. The molecular weight excluding hydrogens is 316 g/mol. The number of aryl methyl sites for hydroxylation is 1. The molecule has 0 aliphatic heterocycles. The molecule has 0 saturated heterocycles. The average molecular weight is 344 g/mol. The highest BCUT2D eigenvalue weighted by Crippen LogP contribution is 2.32. The van der Waals surface area contributed by atoms with Crippen molar-refractivity contribution in [1.82, 2.24) is 9.88 Å². The van der Waals surface area contributed by atoms with Crippen LogP contribution in [-0.2, 0) is 11.3 Å². The Morgan fingerprint density at radius 2 is 1.80 bits per heavy atom. The van der Waals surface area contributed by atoms with E-state index in [0.717, 1.165) is 18.5 Å². The van der Waals surface area contributed by atoms with E-state index in [2.05, 4.69) is 23.7 Å². The van der Waals surface area contributed by atoms with Crippen molar-refractivity contribution in [3.8, 4) is 11.5 Å². The summed E-state index contributed by atoms with van der Waals surface area (Å²) in [4.78, 5) is 12.4. The summed E-state index contributed by atoms with van der Waals surface area (Å²) in [5, 5.41) is 3.16. The molecule has 1 aromatic carbocycles. The monoisotopic (exact) mass is 344 g/mol. The summed E-state index contributed by atoms with van der Waals surface area (Å²) in [6, 6.07) is 9.72. The van der Waals surface area contributed by atoms with Crippen LogP contribution in [0, 0.1) is 5.92 Å². The zero-order valence-electron chi connectivity index (χ0n) is 15.5. The maximum atomic E-state index is 12.4. The smallest absolute Gasteiger partial charge is 0.220 e. The van der Waals surface area contributed by atoms with Crippen molar-refractivity contribution in [2.75, 3.05) is 14.2 Å². The first-order valence-corrected chi connectivity index (χ1v) is 8.67. The molecule has 5 heteroatoms. The molecule has 1 N–H and O–H groups in total. The third-order valence-corrected chi connectivity index (χ3v) is 4.24. The van der Waals surface area contributed by atoms with Crippen LogP contribution in [0.2, 0.25) is 0 Å². The minimum Gasteiger partial charge on any atom is -0.493 e. The van der Waals surface area contributed by atoms with Crippen LogP contribution < -0.4 is 14.8 Å². The van der Waals surface area contributed by atoms with Gasteiger partial charge < -0.3 is 19.4 Å². The largest absolute Gasteiger partial charge is 0.493 e. The van der Waals surface area contributed by atoms with Crippen LogP contribution in [0.25, 0.3) is 0 Å². The molecule has 0 aliphatic rings. The number of amides is 1. The summed E-state index contributed by atoms with van der Waals surface area (Å²) in [6.07, 6.45) is 5.35. The van der Waals surface area contributed by atoms with Crippen LogP contribution >= 0.6 is 0 Å².